The second-order valence-corrected chi connectivity index (χ2v) is 7.92. The molecule has 5 rings (SSSR count). The number of benzene rings is 1. The summed E-state index contributed by atoms with van der Waals surface area (Å²) in [5, 5.41) is 0. The van der Waals surface area contributed by atoms with Crippen LogP contribution in [0.4, 0.5) is 0 Å². The number of fused-ring (bicyclic) bond motifs is 3. The monoisotopic (exact) mass is 252 g/mol. The molecule has 0 nitrogen and oxygen atoms in total. The van der Waals surface area contributed by atoms with E-state index in [1.165, 1.54) is 25.7 Å². The van der Waals surface area contributed by atoms with Crippen molar-refractivity contribution in [2.75, 3.05) is 0 Å². The van der Waals surface area contributed by atoms with Gasteiger partial charge in [0.2, 0.25) is 0 Å². The second kappa shape index (κ2) is 3.45. The van der Waals surface area contributed by atoms with Crippen LogP contribution in [0.15, 0.2) is 30.3 Å². The van der Waals surface area contributed by atoms with Crippen molar-refractivity contribution in [1.82, 2.24) is 0 Å². The Morgan fingerprint density at radius 2 is 1.89 bits per heavy atom. The Morgan fingerprint density at radius 3 is 2.79 bits per heavy atom. The van der Waals surface area contributed by atoms with Crippen molar-refractivity contribution in [3.63, 3.8) is 0 Å². The fraction of sp³-hybridized carbons (Fsp3) is 0.684. The zero-order valence-electron chi connectivity index (χ0n) is 11.8. The van der Waals surface area contributed by atoms with Crippen molar-refractivity contribution in [2.45, 2.75) is 51.4 Å². The Labute approximate surface area is 116 Å². The topological polar surface area (TPSA) is 0 Å². The zero-order chi connectivity index (χ0) is 12.5. The molecule has 1 aromatic carbocycles. The molecule has 0 amide bonds. The molecule has 0 aromatic heterocycles. The van der Waals surface area contributed by atoms with Crippen LogP contribution in [0, 0.1) is 28.6 Å². The van der Waals surface area contributed by atoms with E-state index < -0.39 is 0 Å². The maximum absolute atomic E-state index is 2.35. The Bertz CT molecular complexity index is 504. The lowest BCUT2D eigenvalue weighted by atomic mass is 9.88. The highest BCUT2D eigenvalue weighted by Crippen LogP contribution is 2.88. The highest BCUT2D eigenvalue weighted by Gasteiger charge is 2.82. The standard InChI is InChI=1S/C19H24/c1-3-7-14(8-4-1)11-19-13-15(19)12-18-10-6-2-5-9-16(18)17(18)19/h1,3-4,7-8,15-17H,2,5-6,9-13H2/t15-,16-,17+,18?,19+/m0/s1. The third kappa shape index (κ3) is 1.31. The lowest BCUT2D eigenvalue weighted by Gasteiger charge is -2.16. The third-order valence-corrected chi connectivity index (χ3v) is 7.21. The summed E-state index contributed by atoms with van der Waals surface area (Å²) < 4.78 is 0. The van der Waals surface area contributed by atoms with Crippen molar-refractivity contribution in [3.8, 4) is 0 Å². The lowest BCUT2D eigenvalue weighted by Crippen LogP contribution is -2.11. The van der Waals surface area contributed by atoms with Crippen LogP contribution in [-0.4, -0.2) is 0 Å². The van der Waals surface area contributed by atoms with Crippen LogP contribution in [-0.2, 0) is 6.42 Å². The van der Waals surface area contributed by atoms with Crippen LogP contribution in [0.3, 0.4) is 0 Å². The molecule has 0 saturated heterocycles. The molecule has 0 bridgehead atoms. The predicted molar refractivity (Wildman–Crippen MR) is 77.8 cm³/mol. The number of hydrogen-bond donors (Lipinski definition) is 0. The molecular weight excluding hydrogens is 228 g/mol. The van der Waals surface area contributed by atoms with Crippen LogP contribution in [0.5, 0.6) is 0 Å². The van der Waals surface area contributed by atoms with Crippen LogP contribution in [0.2, 0.25) is 0 Å². The summed E-state index contributed by atoms with van der Waals surface area (Å²) in [6.07, 6.45) is 12.3. The smallest absolute Gasteiger partial charge is 0.0189 e. The van der Waals surface area contributed by atoms with Crippen LogP contribution in [0.25, 0.3) is 0 Å². The third-order valence-electron chi connectivity index (χ3n) is 7.21. The van der Waals surface area contributed by atoms with Gasteiger partial charge in [-0.3, -0.25) is 0 Å². The molecule has 0 heteroatoms. The first-order chi connectivity index (χ1) is 9.35. The van der Waals surface area contributed by atoms with Crippen molar-refractivity contribution in [2.24, 2.45) is 28.6 Å². The van der Waals surface area contributed by atoms with Gasteiger partial charge in [0.25, 0.3) is 0 Å². The van der Waals surface area contributed by atoms with Crippen molar-refractivity contribution in [3.05, 3.63) is 35.9 Å². The molecule has 19 heavy (non-hydrogen) atoms. The molecule has 1 spiro atoms. The van der Waals surface area contributed by atoms with Crippen LogP contribution >= 0.6 is 0 Å². The van der Waals surface area contributed by atoms with Crippen LogP contribution in [0.1, 0.15) is 50.5 Å². The SMILES string of the molecule is c1ccc(C[C@@]23C[C@@H]2CC24CCCCC[C@H]2[C@H]43)cc1. The van der Waals surface area contributed by atoms with E-state index in [-0.39, 0.29) is 0 Å². The minimum absolute atomic E-state index is 0.767. The maximum Gasteiger partial charge on any atom is -0.0189 e. The average Bonchev–Trinajstić information content (AvgIpc) is 3.25. The summed E-state index contributed by atoms with van der Waals surface area (Å²) in [6.45, 7) is 0. The van der Waals surface area contributed by atoms with Crippen LogP contribution < -0.4 is 0 Å². The van der Waals surface area contributed by atoms with Gasteiger partial charge in [0, 0.05) is 0 Å². The van der Waals surface area contributed by atoms with Gasteiger partial charge in [0.15, 0.2) is 0 Å². The predicted octanol–water partition coefficient (Wildman–Crippen LogP) is 4.84. The van der Waals surface area contributed by atoms with Gasteiger partial charge < -0.3 is 0 Å². The lowest BCUT2D eigenvalue weighted by molar-refractivity contribution is 0.367. The van der Waals surface area contributed by atoms with E-state index in [1.54, 1.807) is 31.2 Å². The first-order valence-corrected chi connectivity index (χ1v) is 8.39. The molecule has 1 unspecified atom stereocenters. The van der Waals surface area contributed by atoms with Gasteiger partial charge in [-0.25, -0.2) is 0 Å². The molecule has 4 fully saturated rings. The normalized spacial score (nSPS) is 49.8. The molecule has 0 N–H and O–H groups in total. The van der Waals surface area contributed by atoms with E-state index in [0.717, 1.165) is 28.6 Å². The van der Waals surface area contributed by atoms with Gasteiger partial charge in [-0.15, -0.1) is 0 Å². The van der Waals surface area contributed by atoms with Crippen molar-refractivity contribution < 1.29 is 0 Å². The Morgan fingerprint density at radius 1 is 1.00 bits per heavy atom. The van der Waals surface area contributed by atoms with Gasteiger partial charge in [0.1, 0.15) is 0 Å². The molecule has 0 aliphatic heterocycles. The molecular formula is C19H24. The van der Waals surface area contributed by atoms with Gasteiger partial charge in [0.05, 0.1) is 0 Å². The maximum atomic E-state index is 2.35. The molecule has 4 saturated carbocycles. The summed E-state index contributed by atoms with van der Waals surface area (Å²) in [5.74, 6) is 3.37. The number of rotatable bonds is 2. The van der Waals surface area contributed by atoms with Crippen molar-refractivity contribution in [1.29, 1.82) is 0 Å². The average molecular weight is 252 g/mol. The fourth-order valence-corrected chi connectivity index (χ4v) is 6.54. The fourth-order valence-electron chi connectivity index (χ4n) is 6.54. The van der Waals surface area contributed by atoms with Crippen molar-refractivity contribution >= 4 is 0 Å². The highest BCUT2D eigenvalue weighted by molar-refractivity contribution is 5.34. The first-order valence-electron chi connectivity index (χ1n) is 8.39. The largest absolute Gasteiger partial charge is 0.0622 e. The van der Waals surface area contributed by atoms with E-state index >= 15 is 0 Å². The zero-order valence-corrected chi connectivity index (χ0v) is 11.8. The minimum Gasteiger partial charge on any atom is -0.0622 e. The summed E-state index contributed by atoms with van der Waals surface area (Å²) in [5.41, 5.74) is 3.22. The highest BCUT2D eigenvalue weighted by atomic mass is 14.9. The summed E-state index contributed by atoms with van der Waals surface area (Å²) in [4.78, 5) is 0. The quantitative estimate of drug-likeness (QED) is 0.707. The van der Waals surface area contributed by atoms with E-state index in [9.17, 15) is 0 Å². The van der Waals surface area contributed by atoms with E-state index in [4.69, 9.17) is 0 Å². The molecule has 0 radical (unpaired) electrons. The minimum atomic E-state index is 0.767. The Kier molecular flexibility index (Phi) is 1.99. The number of hydrogen-bond acceptors (Lipinski definition) is 0. The second-order valence-electron chi connectivity index (χ2n) is 7.92. The molecule has 4 aliphatic rings. The summed E-state index contributed by atoms with van der Waals surface area (Å²) >= 11 is 0. The van der Waals surface area contributed by atoms with Gasteiger partial charge >= 0.3 is 0 Å². The Hall–Kier alpha value is -0.780. The summed E-state index contributed by atoms with van der Waals surface area (Å²) in [7, 11) is 0. The summed E-state index contributed by atoms with van der Waals surface area (Å²) in [6, 6.07) is 11.3. The van der Waals surface area contributed by atoms with E-state index in [1.807, 2.05) is 0 Å². The molecule has 5 atom stereocenters. The van der Waals surface area contributed by atoms with Gasteiger partial charge in [-0.2, -0.15) is 0 Å². The molecule has 0 heterocycles. The first kappa shape index (κ1) is 10.9. The Balaban J connectivity index is 1.43. The van der Waals surface area contributed by atoms with Gasteiger partial charge in [-0.05, 0) is 66.3 Å². The molecule has 100 valence electrons. The molecule has 1 aromatic rings. The van der Waals surface area contributed by atoms with E-state index in [2.05, 4.69) is 30.3 Å². The molecule has 4 aliphatic carbocycles. The van der Waals surface area contributed by atoms with E-state index in [0.29, 0.717) is 0 Å². The van der Waals surface area contributed by atoms with Gasteiger partial charge in [-0.1, -0.05) is 49.6 Å².